The van der Waals surface area contributed by atoms with Gasteiger partial charge in [0.25, 0.3) is 0 Å². The SMILES string of the molecule is CC1=CC(C)(C)c2cc3[cH-]c4cc5c(cc4c3cc21)C(C)=CC5(C)C.CC1=[C-]C(C)C=C1c1ccccc1.C[C](=[Zr+2])c1ccccc1.[Cl-].[Cl-]. The van der Waals surface area contributed by atoms with Crippen molar-refractivity contribution in [1.82, 2.24) is 0 Å². The Morgan fingerprint density at radius 3 is 1.53 bits per heavy atom. The van der Waals surface area contributed by atoms with E-state index in [1.807, 2.05) is 12.1 Å². The summed E-state index contributed by atoms with van der Waals surface area (Å²) < 4.78 is 1.46. The minimum atomic E-state index is 0. The van der Waals surface area contributed by atoms with E-state index in [1.165, 1.54) is 105 Å². The van der Waals surface area contributed by atoms with Crippen LogP contribution in [0.15, 0.2) is 115 Å². The standard InChI is InChI=1S/C25H25.C13H13.C8H8.2ClH.Zr/c1-14-12-24(3,4)22-8-16-7-17-9-23-19(15(2)13-25(23,5)6)11-21(17)20(16)10-18(14)22;1-10-8-11(2)13(9-10)12-6-4-3-5-7-12;1-2-8-6-4-3-5-7-8;;;/h7-13H,1-6H3;3-7,9-10H,1-2H3;3-7H,1H3;2*1H;/q2*-1;;;;+2/p-2. The van der Waals surface area contributed by atoms with E-state index in [0.29, 0.717) is 5.92 Å². The first kappa shape index (κ1) is 38.8. The van der Waals surface area contributed by atoms with Gasteiger partial charge < -0.3 is 24.8 Å². The van der Waals surface area contributed by atoms with Gasteiger partial charge in [-0.1, -0.05) is 113 Å². The molecule has 0 amide bonds. The predicted octanol–water partition coefficient (Wildman–Crippen LogP) is 6.35. The van der Waals surface area contributed by atoms with Crippen LogP contribution in [-0.4, -0.2) is 3.21 Å². The molecule has 0 aromatic heterocycles. The zero-order valence-corrected chi connectivity index (χ0v) is 34.2. The molecule has 8 rings (SSSR count). The number of hydrogen-bond donors (Lipinski definition) is 0. The van der Waals surface area contributed by atoms with E-state index < -0.39 is 0 Å². The van der Waals surface area contributed by atoms with Crippen molar-refractivity contribution in [2.45, 2.75) is 73.1 Å². The van der Waals surface area contributed by atoms with Crippen molar-refractivity contribution >= 4 is 41.5 Å². The van der Waals surface area contributed by atoms with Gasteiger partial charge in [-0.15, -0.1) is 45.3 Å². The van der Waals surface area contributed by atoms with E-state index in [0.717, 1.165) is 0 Å². The van der Waals surface area contributed by atoms with Crippen LogP contribution in [0, 0.1) is 12.0 Å². The van der Waals surface area contributed by atoms with E-state index in [2.05, 4.69) is 165 Å². The second kappa shape index (κ2) is 15.1. The van der Waals surface area contributed by atoms with Crippen molar-refractivity contribution in [3.63, 3.8) is 0 Å². The summed E-state index contributed by atoms with van der Waals surface area (Å²) in [5.41, 5.74) is 14.2. The molecule has 0 aliphatic heterocycles. The Bertz CT molecular complexity index is 2040. The maximum atomic E-state index is 3.39. The topological polar surface area (TPSA) is 0 Å². The molecule has 1 unspecified atom stereocenters. The van der Waals surface area contributed by atoms with Crippen LogP contribution in [0.1, 0.15) is 95.7 Å². The molecule has 49 heavy (non-hydrogen) atoms. The average Bonchev–Trinajstić information content (AvgIpc) is 3.70. The summed E-state index contributed by atoms with van der Waals surface area (Å²) in [6, 6.07) is 33.1. The van der Waals surface area contributed by atoms with Crippen molar-refractivity contribution in [1.29, 1.82) is 0 Å². The maximum absolute atomic E-state index is 3.39. The van der Waals surface area contributed by atoms with Gasteiger partial charge in [0.2, 0.25) is 0 Å². The molecule has 0 heterocycles. The molecule has 0 N–H and O–H groups in total. The fourth-order valence-corrected chi connectivity index (χ4v) is 8.08. The zero-order chi connectivity index (χ0) is 33.7. The van der Waals surface area contributed by atoms with Gasteiger partial charge in [0.1, 0.15) is 0 Å². The van der Waals surface area contributed by atoms with Gasteiger partial charge in [-0.25, -0.2) is 5.57 Å². The summed E-state index contributed by atoms with van der Waals surface area (Å²) >= 11 is 1.51. The third kappa shape index (κ3) is 7.86. The minimum Gasteiger partial charge on any atom is -1.00 e. The van der Waals surface area contributed by atoms with Crippen molar-refractivity contribution in [3.8, 4) is 0 Å². The van der Waals surface area contributed by atoms with Crippen LogP contribution < -0.4 is 24.8 Å². The van der Waals surface area contributed by atoms with Crippen LogP contribution in [0.25, 0.3) is 38.3 Å². The van der Waals surface area contributed by atoms with Crippen LogP contribution >= 0.6 is 0 Å². The molecule has 0 fully saturated rings. The minimum absolute atomic E-state index is 0. The van der Waals surface area contributed by atoms with Gasteiger partial charge >= 0.3 is 70.3 Å². The summed E-state index contributed by atoms with van der Waals surface area (Å²) in [6.07, 6.45) is 10.5. The molecule has 0 bridgehead atoms. The Morgan fingerprint density at radius 2 is 1.14 bits per heavy atom. The molecule has 0 radical (unpaired) electrons. The van der Waals surface area contributed by atoms with E-state index in [-0.39, 0.29) is 35.6 Å². The largest absolute Gasteiger partial charge is 1.00 e. The molecule has 3 aliphatic carbocycles. The van der Waals surface area contributed by atoms with E-state index in [4.69, 9.17) is 0 Å². The first-order valence-electron chi connectivity index (χ1n) is 16.9. The number of rotatable bonds is 2. The molecule has 0 saturated heterocycles. The smallest absolute Gasteiger partial charge is 1.00 e. The second-order valence-corrected chi connectivity index (χ2v) is 16.6. The molecular weight excluding hydrogens is 715 g/mol. The van der Waals surface area contributed by atoms with E-state index in [9.17, 15) is 0 Å². The number of benzene rings is 4. The van der Waals surface area contributed by atoms with Gasteiger partial charge in [-0.05, 0) is 36.1 Å². The summed E-state index contributed by atoms with van der Waals surface area (Å²) in [4.78, 5) is 0. The Kier molecular flexibility index (Phi) is 12.0. The number of fused-ring (bicyclic) bond motifs is 5. The molecule has 0 nitrogen and oxygen atoms in total. The zero-order valence-electron chi connectivity index (χ0n) is 30.2. The van der Waals surface area contributed by atoms with Crippen molar-refractivity contribution in [2.24, 2.45) is 5.92 Å². The summed E-state index contributed by atoms with van der Waals surface area (Å²) in [7, 11) is 0. The van der Waals surface area contributed by atoms with E-state index in [1.54, 1.807) is 0 Å². The molecular formula is C46H46Cl2Zr-2. The molecule has 1 atom stereocenters. The van der Waals surface area contributed by atoms with Crippen LogP contribution in [0.2, 0.25) is 0 Å². The molecule has 250 valence electrons. The summed E-state index contributed by atoms with van der Waals surface area (Å²) in [5.74, 6) is 0.468. The van der Waals surface area contributed by atoms with Crippen molar-refractivity contribution in [3.05, 3.63) is 154 Å². The molecule has 0 saturated carbocycles. The average molecular weight is 761 g/mol. The first-order valence-corrected chi connectivity index (χ1v) is 18.1. The Morgan fingerprint density at radius 1 is 0.694 bits per heavy atom. The second-order valence-electron chi connectivity index (χ2n) is 14.7. The fraction of sp³-hybridized carbons (Fsp3) is 0.261. The van der Waals surface area contributed by atoms with Crippen LogP contribution in [0.4, 0.5) is 0 Å². The summed E-state index contributed by atoms with van der Waals surface area (Å²) in [5, 5.41) is 5.57. The Labute approximate surface area is 321 Å². The number of halogens is 2. The Hall–Kier alpha value is -2.96. The predicted molar refractivity (Wildman–Crippen MR) is 203 cm³/mol. The third-order valence-electron chi connectivity index (χ3n) is 9.93. The Balaban J connectivity index is 0.000000190. The van der Waals surface area contributed by atoms with Crippen molar-refractivity contribution < 1.29 is 49.0 Å². The molecule has 0 spiro atoms. The van der Waals surface area contributed by atoms with Crippen LogP contribution in [0.5, 0.6) is 0 Å². The van der Waals surface area contributed by atoms with Gasteiger partial charge in [-0.2, -0.15) is 11.6 Å². The van der Waals surface area contributed by atoms with Crippen molar-refractivity contribution in [2.75, 3.05) is 0 Å². The monoisotopic (exact) mass is 758 g/mol. The molecule has 3 heteroatoms. The van der Waals surface area contributed by atoms with Gasteiger partial charge in [0, 0.05) is 10.8 Å². The molecule has 3 aliphatic rings. The van der Waals surface area contributed by atoms with Gasteiger partial charge in [0.05, 0.1) is 0 Å². The first-order chi connectivity index (χ1) is 22.2. The number of hydrogen-bond acceptors (Lipinski definition) is 0. The normalized spacial score (nSPS) is 17.5. The molecule has 5 aromatic rings. The van der Waals surface area contributed by atoms with Gasteiger partial charge in [0.15, 0.2) is 0 Å². The summed E-state index contributed by atoms with van der Waals surface area (Å²) in [6.45, 7) is 20.2. The van der Waals surface area contributed by atoms with E-state index >= 15 is 0 Å². The van der Waals surface area contributed by atoms with Gasteiger partial charge in [-0.3, -0.25) is 6.08 Å². The van der Waals surface area contributed by atoms with Crippen LogP contribution in [0.3, 0.4) is 0 Å². The third-order valence-corrected chi connectivity index (χ3v) is 10.6. The quantitative estimate of drug-likeness (QED) is 0.184. The van der Waals surface area contributed by atoms with Crippen LogP contribution in [-0.2, 0) is 35.1 Å². The molecule has 5 aromatic carbocycles. The fourth-order valence-electron chi connectivity index (χ4n) is 7.67. The number of allylic oxidation sites excluding steroid dienone is 8. The maximum Gasteiger partial charge on any atom is -1.00 e.